The summed E-state index contributed by atoms with van der Waals surface area (Å²) in [6.45, 7) is -0.779. The van der Waals surface area contributed by atoms with Crippen molar-refractivity contribution in [2.45, 2.75) is 12.6 Å². The van der Waals surface area contributed by atoms with Crippen LogP contribution in [-0.4, -0.2) is 24.3 Å². The molecule has 1 rings (SSSR count). The third-order valence-corrected chi connectivity index (χ3v) is 1.79. The van der Waals surface area contributed by atoms with E-state index in [0.29, 0.717) is 6.54 Å². The Kier molecular flexibility index (Phi) is 4.96. The molecular formula is C11H13F3N2O. The lowest BCUT2D eigenvalue weighted by Gasteiger charge is -2.07. The van der Waals surface area contributed by atoms with Crippen LogP contribution < -0.4 is 10.5 Å². The lowest BCUT2D eigenvalue weighted by atomic mass is 10.2. The predicted octanol–water partition coefficient (Wildman–Crippen LogP) is 2.38. The van der Waals surface area contributed by atoms with Gasteiger partial charge in [-0.05, 0) is 24.6 Å². The van der Waals surface area contributed by atoms with Gasteiger partial charge in [0.2, 0.25) is 5.88 Å². The molecular weight excluding hydrogens is 233 g/mol. The Bertz CT molecular complexity index is 360. The highest BCUT2D eigenvalue weighted by Crippen LogP contribution is 2.17. The smallest absolute Gasteiger partial charge is 0.422 e. The highest BCUT2D eigenvalue weighted by Gasteiger charge is 2.28. The Morgan fingerprint density at radius 3 is 2.65 bits per heavy atom. The summed E-state index contributed by atoms with van der Waals surface area (Å²) < 4.78 is 40.0. The molecule has 3 nitrogen and oxygen atoms in total. The molecule has 6 heteroatoms. The maximum absolute atomic E-state index is 11.9. The molecule has 0 aliphatic heterocycles. The van der Waals surface area contributed by atoms with Crippen molar-refractivity contribution in [2.75, 3.05) is 13.2 Å². The normalized spacial score (nSPS) is 12.0. The molecule has 0 atom stereocenters. The summed E-state index contributed by atoms with van der Waals surface area (Å²) in [5.41, 5.74) is 6.09. The van der Waals surface area contributed by atoms with Gasteiger partial charge in [0.15, 0.2) is 6.61 Å². The number of hydrogen-bond donors (Lipinski definition) is 1. The number of rotatable bonds is 5. The number of nitrogens with two attached hydrogens (primary N) is 1. The molecule has 0 aromatic carbocycles. The van der Waals surface area contributed by atoms with Crippen LogP contribution in [0.4, 0.5) is 13.2 Å². The molecule has 2 N–H and O–H groups in total. The van der Waals surface area contributed by atoms with Crippen LogP contribution in [0.3, 0.4) is 0 Å². The van der Waals surface area contributed by atoms with Crippen LogP contribution >= 0.6 is 0 Å². The van der Waals surface area contributed by atoms with Crippen molar-refractivity contribution in [2.24, 2.45) is 5.73 Å². The number of ether oxygens (including phenoxy) is 1. The van der Waals surface area contributed by atoms with Crippen LogP contribution in [0.1, 0.15) is 12.0 Å². The first-order chi connectivity index (χ1) is 8.01. The van der Waals surface area contributed by atoms with Gasteiger partial charge in [-0.3, -0.25) is 0 Å². The van der Waals surface area contributed by atoms with Crippen LogP contribution in [0.5, 0.6) is 5.88 Å². The zero-order valence-electron chi connectivity index (χ0n) is 9.07. The summed E-state index contributed by atoms with van der Waals surface area (Å²) in [5.74, 6) is -0.0432. The second kappa shape index (κ2) is 6.24. The third-order valence-electron chi connectivity index (χ3n) is 1.79. The van der Waals surface area contributed by atoms with Gasteiger partial charge in [-0.1, -0.05) is 12.2 Å². The minimum Gasteiger partial charge on any atom is -0.468 e. The fourth-order valence-corrected chi connectivity index (χ4v) is 1.05. The van der Waals surface area contributed by atoms with Crippen molar-refractivity contribution in [1.82, 2.24) is 4.98 Å². The summed E-state index contributed by atoms with van der Waals surface area (Å²) in [6.07, 6.45) is 1.51. The molecule has 0 radical (unpaired) electrons. The zero-order chi connectivity index (χ0) is 12.7. The lowest BCUT2D eigenvalue weighted by molar-refractivity contribution is -0.154. The van der Waals surface area contributed by atoms with E-state index in [1.165, 1.54) is 12.3 Å². The molecule has 0 bridgehead atoms. The minimum absolute atomic E-state index is 0.0432. The topological polar surface area (TPSA) is 48.1 Å². The molecule has 1 heterocycles. The molecule has 0 unspecified atom stereocenters. The monoisotopic (exact) mass is 246 g/mol. The summed E-state index contributed by atoms with van der Waals surface area (Å²) in [4.78, 5) is 3.76. The van der Waals surface area contributed by atoms with Gasteiger partial charge in [0.25, 0.3) is 0 Å². The number of hydrogen-bond acceptors (Lipinski definition) is 3. The van der Waals surface area contributed by atoms with E-state index >= 15 is 0 Å². The maximum Gasteiger partial charge on any atom is 0.422 e. The van der Waals surface area contributed by atoms with Gasteiger partial charge < -0.3 is 10.5 Å². The Morgan fingerprint density at radius 2 is 2.12 bits per heavy atom. The average molecular weight is 246 g/mol. The number of pyridine rings is 1. The van der Waals surface area contributed by atoms with Crippen LogP contribution in [0.25, 0.3) is 6.08 Å². The zero-order valence-corrected chi connectivity index (χ0v) is 9.07. The van der Waals surface area contributed by atoms with Crippen molar-refractivity contribution in [3.8, 4) is 5.88 Å². The Balaban J connectivity index is 2.50. The molecule has 0 aliphatic carbocycles. The van der Waals surface area contributed by atoms with E-state index in [4.69, 9.17) is 5.73 Å². The SMILES string of the molecule is NCCC=Cc1ccc(OCC(F)(F)F)nc1. The quantitative estimate of drug-likeness (QED) is 0.867. The van der Waals surface area contributed by atoms with Gasteiger partial charge in [-0.25, -0.2) is 4.98 Å². The van der Waals surface area contributed by atoms with E-state index in [2.05, 4.69) is 9.72 Å². The molecule has 0 spiro atoms. The van der Waals surface area contributed by atoms with Gasteiger partial charge >= 0.3 is 6.18 Å². The second-order valence-electron chi connectivity index (χ2n) is 3.31. The number of aromatic nitrogens is 1. The molecule has 0 aliphatic rings. The van der Waals surface area contributed by atoms with Gasteiger partial charge in [0, 0.05) is 12.3 Å². The highest BCUT2D eigenvalue weighted by molar-refractivity contribution is 5.48. The molecule has 0 saturated carbocycles. The lowest BCUT2D eigenvalue weighted by Crippen LogP contribution is -2.19. The van der Waals surface area contributed by atoms with E-state index in [9.17, 15) is 13.2 Å². The van der Waals surface area contributed by atoms with Gasteiger partial charge in [0.1, 0.15) is 0 Å². The van der Waals surface area contributed by atoms with E-state index in [-0.39, 0.29) is 5.88 Å². The van der Waals surface area contributed by atoms with Crippen LogP contribution in [0.15, 0.2) is 24.4 Å². The molecule has 0 amide bonds. The minimum atomic E-state index is -4.35. The predicted molar refractivity (Wildman–Crippen MR) is 58.5 cm³/mol. The number of alkyl halides is 3. The summed E-state index contributed by atoms with van der Waals surface area (Å²) >= 11 is 0. The first-order valence-electron chi connectivity index (χ1n) is 5.03. The van der Waals surface area contributed by atoms with Crippen molar-refractivity contribution in [3.63, 3.8) is 0 Å². The highest BCUT2D eigenvalue weighted by atomic mass is 19.4. The fraction of sp³-hybridized carbons (Fsp3) is 0.364. The summed E-state index contributed by atoms with van der Waals surface area (Å²) in [5, 5.41) is 0. The van der Waals surface area contributed by atoms with Crippen molar-refractivity contribution < 1.29 is 17.9 Å². The standard InChI is InChI=1S/C11H13F3N2O/c12-11(13,14)8-17-10-5-4-9(7-16-10)3-1-2-6-15/h1,3-5,7H,2,6,8,15H2. The van der Waals surface area contributed by atoms with Gasteiger partial charge in [0.05, 0.1) is 0 Å². The van der Waals surface area contributed by atoms with E-state index in [0.717, 1.165) is 12.0 Å². The second-order valence-corrected chi connectivity index (χ2v) is 3.31. The molecule has 0 fully saturated rings. The fourth-order valence-electron chi connectivity index (χ4n) is 1.05. The first kappa shape index (κ1) is 13.5. The van der Waals surface area contributed by atoms with E-state index in [1.807, 2.05) is 6.08 Å². The van der Waals surface area contributed by atoms with Gasteiger partial charge in [-0.15, -0.1) is 0 Å². The van der Waals surface area contributed by atoms with E-state index in [1.54, 1.807) is 12.1 Å². The van der Waals surface area contributed by atoms with Crippen LogP contribution in [0.2, 0.25) is 0 Å². The molecule has 0 saturated heterocycles. The summed E-state index contributed by atoms with van der Waals surface area (Å²) in [6, 6.07) is 3.03. The van der Waals surface area contributed by atoms with Crippen molar-refractivity contribution in [1.29, 1.82) is 0 Å². The van der Waals surface area contributed by atoms with Gasteiger partial charge in [-0.2, -0.15) is 13.2 Å². The molecule has 1 aromatic rings. The maximum atomic E-state index is 11.9. The van der Waals surface area contributed by atoms with Crippen molar-refractivity contribution >= 4 is 6.08 Å². The van der Waals surface area contributed by atoms with Crippen molar-refractivity contribution in [3.05, 3.63) is 30.0 Å². The average Bonchev–Trinajstić information content (AvgIpc) is 2.27. The Morgan fingerprint density at radius 1 is 1.35 bits per heavy atom. The Hall–Kier alpha value is -1.56. The largest absolute Gasteiger partial charge is 0.468 e. The van der Waals surface area contributed by atoms with Crippen LogP contribution in [-0.2, 0) is 0 Å². The number of nitrogens with zero attached hydrogens (tertiary/aromatic N) is 1. The third kappa shape index (κ3) is 5.91. The first-order valence-corrected chi connectivity index (χ1v) is 5.03. The molecule has 94 valence electrons. The Labute approximate surface area is 97.1 Å². The molecule has 17 heavy (non-hydrogen) atoms. The van der Waals surface area contributed by atoms with Crippen LogP contribution in [0, 0.1) is 0 Å². The molecule has 1 aromatic heterocycles. The van der Waals surface area contributed by atoms with E-state index < -0.39 is 12.8 Å². The summed E-state index contributed by atoms with van der Waals surface area (Å²) in [7, 11) is 0. The number of halogens is 3.